The van der Waals surface area contributed by atoms with Crippen molar-refractivity contribution in [2.24, 2.45) is 5.73 Å². The Morgan fingerprint density at radius 1 is 1.19 bits per heavy atom. The summed E-state index contributed by atoms with van der Waals surface area (Å²) in [5, 5.41) is 4.17. The van der Waals surface area contributed by atoms with E-state index in [9.17, 15) is 0 Å². The molecule has 1 fully saturated rings. The largest absolute Gasteiger partial charge is 0.334 e. The maximum Gasteiger partial charge on any atom is 0.259 e. The molecule has 3 rings (SSSR count). The fourth-order valence-electron chi connectivity index (χ4n) is 2.93. The molecule has 1 aromatic carbocycles. The second-order valence-corrected chi connectivity index (χ2v) is 6.72. The number of aryl methyl sites for hydroxylation is 1. The first-order valence-electron chi connectivity index (χ1n) is 7.49. The lowest BCUT2D eigenvalue weighted by molar-refractivity contribution is 0.334. The minimum Gasteiger partial charge on any atom is -0.334 e. The molecule has 0 atom stereocenters. The number of benzene rings is 1. The van der Waals surface area contributed by atoms with Crippen LogP contribution in [-0.2, 0) is 5.54 Å². The molecule has 1 aliphatic rings. The lowest BCUT2D eigenvalue weighted by Crippen LogP contribution is -2.37. The van der Waals surface area contributed by atoms with Gasteiger partial charge < -0.3 is 10.3 Å². The van der Waals surface area contributed by atoms with Crippen LogP contribution in [0.3, 0.4) is 0 Å². The highest BCUT2D eigenvalue weighted by atomic mass is 79.9. The standard InChI is InChI=1S/C16H20BrN3O/c1-11-7-6-8-12(13(11)17)14-19-15(20-21-14)16(18)9-4-2-3-5-10-16/h6-8H,2-5,9-10,18H2,1H3. The zero-order chi connectivity index (χ0) is 14.9. The van der Waals surface area contributed by atoms with E-state index in [1.165, 1.54) is 12.8 Å². The number of aromatic nitrogens is 2. The molecule has 2 aromatic rings. The molecule has 2 N–H and O–H groups in total. The van der Waals surface area contributed by atoms with E-state index in [1.807, 2.05) is 25.1 Å². The first-order chi connectivity index (χ1) is 10.1. The van der Waals surface area contributed by atoms with Gasteiger partial charge in [-0.3, -0.25) is 0 Å². The van der Waals surface area contributed by atoms with Crippen molar-refractivity contribution in [3.8, 4) is 11.5 Å². The lowest BCUT2D eigenvalue weighted by atomic mass is 9.91. The third kappa shape index (κ3) is 2.90. The Hall–Kier alpha value is -1.20. The third-order valence-corrected chi connectivity index (χ3v) is 5.34. The summed E-state index contributed by atoms with van der Waals surface area (Å²) in [6.07, 6.45) is 6.62. The highest BCUT2D eigenvalue weighted by Gasteiger charge is 2.33. The van der Waals surface area contributed by atoms with Gasteiger partial charge in [-0.2, -0.15) is 4.98 Å². The van der Waals surface area contributed by atoms with Crippen molar-refractivity contribution in [1.82, 2.24) is 10.1 Å². The molecule has 1 aliphatic carbocycles. The van der Waals surface area contributed by atoms with E-state index in [0.29, 0.717) is 11.7 Å². The van der Waals surface area contributed by atoms with Gasteiger partial charge in [0.2, 0.25) is 0 Å². The van der Waals surface area contributed by atoms with Crippen LogP contribution in [0.15, 0.2) is 27.2 Å². The van der Waals surface area contributed by atoms with Crippen molar-refractivity contribution < 1.29 is 4.52 Å². The quantitative estimate of drug-likeness (QED) is 0.820. The summed E-state index contributed by atoms with van der Waals surface area (Å²) in [6, 6.07) is 6.01. The molecule has 0 unspecified atom stereocenters. The van der Waals surface area contributed by atoms with Crippen molar-refractivity contribution in [3.05, 3.63) is 34.1 Å². The topological polar surface area (TPSA) is 64.9 Å². The summed E-state index contributed by atoms with van der Waals surface area (Å²) in [5.41, 5.74) is 8.17. The van der Waals surface area contributed by atoms with Crippen LogP contribution in [0.25, 0.3) is 11.5 Å². The summed E-state index contributed by atoms with van der Waals surface area (Å²) < 4.78 is 6.47. The predicted octanol–water partition coefficient (Wildman–Crippen LogP) is 4.32. The van der Waals surface area contributed by atoms with Gasteiger partial charge in [0.05, 0.1) is 11.1 Å². The van der Waals surface area contributed by atoms with Gasteiger partial charge in [-0.05, 0) is 47.3 Å². The molecule has 4 nitrogen and oxygen atoms in total. The zero-order valence-corrected chi connectivity index (χ0v) is 13.8. The Kier molecular flexibility index (Phi) is 4.13. The molecular formula is C16H20BrN3O. The van der Waals surface area contributed by atoms with Crippen LogP contribution in [0.4, 0.5) is 0 Å². The molecule has 112 valence electrons. The molecular weight excluding hydrogens is 330 g/mol. The Labute approximate surface area is 133 Å². The first-order valence-corrected chi connectivity index (χ1v) is 8.28. The highest BCUT2D eigenvalue weighted by Crippen LogP contribution is 2.35. The minimum absolute atomic E-state index is 0.436. The van der Waals surface area contributed by atoms with E-state index < -0.39 is 5.54 Å². The van der Waals surface area contributed by atoms with Gasteiger partial charge in [-0.25, -0.2) is 0 Å². The minimum atomic E-state index is -0.436. The number of hydrogen-bond acceptors (Lipinski definition) is 4. The highest BCUT2D eigenvalue weighted by molar-refractivity contribution is 9.10. The second kappa shape index (κ2) is 5.89. The molecule has 0 bridgehead atoms. The van der Waals surface area contributed by atoms with E-state index in [2.05, 4.69) is 26.1 Å². The average Bonchev–Trinajstić information content (AvgIpc) is 2.86. The molecule has 1 heterocycles. The van der Waals surface area contributed by atoms with Crippen molar-refractivity contribution >= 4 is 15.9 Å². The van der Waals surface area contributed by atoms with E-state index in [0.717, 1.165) is 41.3 Å². The molecule has 0 amide bonds. The van der Waals surface area contributed by atoms with Crippen molar-refractivity contribution in [3.63, 3.8) is 0 Å². The van der Waals surface area contributed by atoms with Crippen LogP contribution < -0.4 is 5.73 Å². The van der Waals surface area contributed by atoms with E-state index >= 15 is 0 Å². The molecule has 0 spiro atoms. The summed E-state index contributed by atoms with van der Waals surface area (Å²) >= 11 is 3.59. The summed E-state index contributed by atoms with van der Waals surface area (Å²) in [5.74, 6) is 1.18. The predicted molar refractivity (Wildman–Crippen MR) is 85.7 cm³/mol. The Balaban J connectivity index is 1.94. The zero-order valence-electron chi connectivity index (χ0n) is 12.2. The Morgan fingerprint density at radius 3 is 2.62 bits per heavy atom. The summed E-state index contributed by atoms with van der Waals surface area (Å²) in [4.78, 5) is 4.59. The van der Waals surface area contributed by atoms with E-state index in [1.54, 1.807) is 0 Å². The number of nitrogens with zero attached hydrogens (tertiary/aromatic N) is 2. The van der Waals surface area contributed by atoms with Gasteiger partial charge >= 0.3 is 0 Å². The molecule has 0 radical (unpaired) electrons. The van der Waals surface area contributed by atoms with Crippen LogP contribution >= 0.6 is 15.9 Å². The fraction of sp³-hybridized carbons (Fsp3) is 0.500. The van der Waals surface area contributed by atoms with Gasteiger partial charge in [0, 0.05) is 4.47 Å². The van der Waals surface area contributed by atoms with Gasteiger partial charge in [-0.1, -0.05) is 43.0 Å². The lowest BCUT2D eigenvalue weighted by Gasteiger charge is -2.23. The molecule has 0 aliphatic heterocycles. The van der Waals surface area contributed by atoms with Crippen molar-refractivity contribution in [1.29, 1.82) is 0 Å². The van der Waals surface area contributed by atoms with Gasteiger partial charge in [-0.15, -0.1) is 0 Å². The summed E-state index contributed by atoms with van der Waals surface area (Å²) in [7, 11) is 0. The van der Waals surface area contributed by atoms with Crippen molar-refractivity contribution in [2.75, 3.05) is 0 Å². The maximum absolute atomic E-state index is 6.54. The summed E-state index contributed by atoms with van der Waals surface area (Å²) in [6.45, 7) is 2.04. The van der Waals surface area contributed by atoms with Gasteiger partial charge in [0.15, 0.2) is 5.82 Å². The third-order valence-electron chi connectivity index (χ3n) is 4.29. The van der Waals surface area contributed by atoms with Crippen LogP contribution in [0.5, 0.6) is 0 Å². The van der Waals surface area contributed by atoms with Crippen LogP contribution in [0, 0.1) is 6.92 Å². The van der Waals surface area contributed by atoms with E-state index in [4.69, 9.17) is 10.3 Å². The van der Waals surface area contributed by atoms with Crippen molar-refractivity contribution in [2.45, 2.75) is 51.0 Å². The monoisotopic (exact) mass is 349 g/mol. The Morgan fingerprint density at radius 2 is 1.90 bits per heavy atom. The van der Waals surface area contributed by atoms with Gasteiger partial charge in [0.1, 0.15) is 0 Å². The number of nitrogens with two attached hydrogens (primary N) is 1. The molecule has 5 heteroatoms. The number of rotatable bonds is 2. The second-order valence-electron chi connectivity index (χ2n) is 5.93. The number of hydrogen-bond donors (Lipinski definition) is 1. The SMILES string of the molecule is Cc1cccc(-c2nc(C3(N)CCCCCC3)no2)c1Br. The maximum atomic E-state index is 6.54. The normalized spacial score (nSPS) is 18.4. The van der Waals surface area contributed by atoms with E-state index in [-0.39, 0.29) is 0 Å². The van der Waals surface area contributed by atoms with Crippen LogP contribution in [0.1, 0.15) is 49.9 Å². The number of halogens is 1. The fourth-order valence-corrected chi connectivity index (χ4v) is 3.36. The van der Waals surface area contributed by atoms with Crippen LogP contribution in [-0.4, -0.2) is 10.1 Å². The molecule has 21 heavy (non-hydrogen) atoms. The van der Waals surface area contributed by atoms with Gasteiger partial charge in [0.25, 0.3) is 5.89 Å². The smallest absolute Gasteiger partial charge is 0.259 e. The van der Waals surface area contributed by atoms with Crippen LogP contribution in [0.2, 0.25) is 0 Å². The first kappa shape index (κ1) is 14.7. The Bertz CT molecular complexity index is 630. The molecule has 0 saturated heterocycles. The molecule has 1 saturated carbocycles. The molecule has 1 aromatic heterocycles. The average molecular weight is 350 g/mol.